The summed E-state index contributed by atoms with van der Waals surface area (Å²) < 4.78 is 192. The smallest absolute Gasteiger partial charge is 0.313 e. The van der Waals surface area contributed by atoms with Crippen LogP contribution in [0.5, 0.6) is 5.75 Å². The van der Waals surface area contributed by atoms with Gasteiger partial charge in [0.15, 0.2) is 10.6 Å². The Kier molecular flexibility index (Phi) is 10.4. The van der Waals surface area contributed by atoms with Crippen LogP contribution in [0.2, 0.25) is 0 Å². The molecule has 290 valence electrons. The number of anilines is 3. The Labute approximate surface area is 303 Å². The van der Waals surface area contributed by atoms with Gasteiger partial charge < -0.3 is 16.2 Å². The van der Waals surface area contributed by atoms with Crippen molar-refractivity contribution < 1.29 is 74.6 Å². The van der Waals surface area contributed by atoms with Gasteiger partial charge >= 0.3 is 6.08 Å². The molecule has 0 aliphatic carbocycles. The van der Waals surface area contributed by atoms with Crippen molar-refractivity contribution in [1.82, 2.24) is 9.97 Å². The normalized spacial score (nSPS) is 12.9. The largest absolute Gasteiger partial charge is 0.505 e. The SMILES string of the molecule is Nc1c(N=Nc2cc(F)cc(F)c2S(=O)(=O)O)c(S(=O)(=O)O)cc2cc(S(=O)(=O)O)c(N=Nc3cc(Nc4cc(F)nc(F)n4)ccc3S(=O)(=O)O)c(O)c12. The first kappa shape index (κ1) is 40.4. The van der Waals surface area contributed by atoms with Crippen molar-refractivity contribution in [3.05, 3.63) is 72.2 Å². The molecule has 29 heteroatoms. The summed E-state index contributed by atoms with van der Waals surface area (Å²) in [5.74, 6) is -6.60. The van der Waals surface area contributed by atoms with Gasteiger partial charge in [0.05, 0.1) is 11.1 Å². The lowest BCUT2D eigenvalue weighted by atomic mass is 10.1. The van der Waals surface area contributed by atoms with Crippen LogP contribution < -0.4 is 11.1 Å². The Morgan fingerprint density at radius 2 is 1.20 bits per heavy atom. The van der Waals surface area contributed by atoms with Gasteiger partial charge in [0.1, 0.15) is 54.9 Å². The third-order valence-corrected chi connectivity index (χ3v) is 10.4. The number of nitrogens with one attached hydrogen (secondary N) is 1. The van der Waals surface area contributed by atoms with Crippen molar-refractivity contribution >= 4 is 91.2 Å². The maximum atomic E-state index is 14.3. The Morgan fingerprint density at radius 3 is 1.76 bits per heavy atom. The minimum atomic E-state index is -5.52. The fourth-order valence-corrected chi connectivity index (χ4v) is 7.28. The summed E-state index contributed by atoms with van der Waals surface area (Å²) in [6.45, 7) is 0. The number of nitrogen functional groups attached to an aromatic ring is 1. The van der Waals surface area contributed by atoms with Crippen LogP contribution in [0.25, 0.3) is 10.8 Å². The molecule has 21 nitrogen and oxygen atoms in total. The van der Waals surface area contributed by atoms with Crippen LogP contribution in [0.4, 0.5) is 57.5 Å². The predicted molar refractivity (Wildman–Crippen MR) is 176 cm³/mol. The zero-order valence-electron chi connectivity index (χ0n) is 26.0. The highest BCUT2D eigenvalue weighted by Gasteiger charge is 2.29. The number of phenolic OH excluding ortho intramolecular Hbond substituents is 1. The van der Waals surface area contributed by atoms with Gasteiger partial charge in [-0.05, 0) is 35.7 Å². The van der Waals surface area contributed by atoms with Gasteiger partial charge in [-0.2, -0.15) is 52.4 Å². The van der Waals surface area contributed by atoms with Crippen LogP contribution in [0.1, 0.15) is 0 Å². The quantitative estimate of drug-likeness (QED) is 0.0242. The number of phenols is 1. The molecule has 0 radical (unpaired) electrons. The van der Waals surface area contributed by atoms with Crippen molar-refractivity contribution in [3.63, 3.8) is 0 Å². The van der Waals surface area contributed by atoms with Gasteiger partial charge in [-0.15, -0.1) is 20.5 Å². The zero-order chi connectivity index (χ0) is 41.0. The van der Waals surface area contributed by atoms with Crippen LogP contribution >= 0.6 is 0 Å². The Morgan fingerprint density at radius 1 is 0.636 bits per heavy atom. The minimum Gasteiger partial charge on any atom is -0.505 e. The van der Waals surface area contributed by atoms with Crippen LogP contribution in [-0.2, 0) is 40.5 Å². The number of aromatic hydroxyl groups is 1. The zero-order valence-corrected chi connectivity index (χ0v) is 29.3. The summed E-state index contributed by atoms with van der Waals surface area (Å²) >= 11 is 0. The first-order chi connectivity index (χ1) is 25.3. The molecule has 0 bridgehead atoms. The third kappa shape index (κ3) is 8.62. The fourth-order valence-electron chi connectivity index (χ4n) is 4.68. The van der Waals surface area contributed by atoms with E-state index in [-0.39, 0.29) is 17.8 Å². The highest BCUT2D eigenvalue weighted by atomic mass is 32.2. The number of rotatable bonds is 10. The molecule has 1 heterocycles. The summed E-state index contributed by atoms with van der Waals surface area (Å²) in [5.41, 5.74) is 0.0857. The lowest BCUT2D eigenvalue weighted by Crippen LogP contribution is -2.04. The molecule has 0 saturated carbocycles. The average Bonchev–Trinajstić information content (AvgIpc) is 3.00. The summed E-state index contributed by atoms with van der Waals surface area (Å²) in [6.07, 6.45) is -1.51. The molecule has 0 aliphatic rings. The molecule has 8 N–H and O–H groups in total. The van der Waals surface area contributed by atoms with Crippen molar-refractivity contribution in [1.29, 1.82) is 0 Å². The van der Waals surface area contributed by atoms with Crippen LogP contribution in [0, 0.1) is 23.7 Å². The number of hydrogen-bond donors (Lipinski definition) is 7. The second-order valence-corrected chi connectivity index (χ2v) is 16.0. The van der Waals surface area contributed by atoms with E-state index in [4.69, 9.17) is 5.73 Å². The number of azo groups is 2. The van der Waals surface area contributed by atoms with Crippen molar-refractivity contribution in [2.75, 3.05) is 11.1 Å². The van der Waals surface area contributed by atoms with E-state index in [2.05, 4.69) is 35.7 Å². The number of halogens is 4. The van der Waals surface area contributed by atoms with E-state index in [1.807, 2.05) is 0 Å². The minimum absolute atomic E-state index is 0.0309. The molecule has 0 saturated heterocycles. The van der Waals surface area contributed by atoms with E-state index in [9.17, 15) is 74.6 Å². The molecule has 5 rings (SSSR count). The van der Waals surface area contributed by atoms with Crippen molar-refractivity contribution in [2.24, 2.45) is 20.5 Å². The maximum absolute atomic E-state index is 14.3. The second-order valence-electron chi connectivity index (χ2n) is 10.5. The van der Waals surface area contributed by atoms with Crippen molar-refractivity contribution in [2.45, 2.75) is 19.6 Å². The molecule has 0 fully saturated rings. The Bertz CT molecular complexity index is 2970. The summed E-state index contributed by atoms with van der Waals surface area (Å²) in [5, 5.41) is 25.6. The van der Waals surface area contributed by atoms with E-state index >= 15 is 0 Å². The lowest BCUT2D eigenvalue weighted by molar-refractivity contribution is 0.470. The van der Waals surface area contributed by atoms with Gasteiger partial charge in [-0.3, -0.25) is 18.2 Å². The third-order valence-electron chi connectivity index (χ3n) is 6.81. The average molecular weight is 853 g/mol. The highest BCUT2D eigenvalue weighted by Crippen LogP contribution is 2.48. The molecule has 5 aromatic rings. The molecule has 0 unspecified atom stereocenters. The van der Waals surface area contributed by atoms with Gasteiger partial charge in [-0.25, -0.2) is 8.78 Å². The number of fused-ring (bicyclic) bond motifs is 1. The Hall–Kier alpha value is -5.82. The molecule has 0 spiro atoms. The molecule has 1 aromatic heterocycles. The molecular weight excluding hydrogens is 837 g/mol. The first-order valence-electron chi connectivity index (χ1n) is 13.7. The van der Waals surface area contributed by atoms with E-state index in [1.54, 1.807) is 0 Å². The van der Waals surface area contributed by atoms with Crippen LogP contribution in [-0.4, -0.2) is 67.0 Å². The highest BCUT2D eigenvalue weighted by molar-refractivity contribution is 7.86. The van der Waals surface area contributed by atoms with Gasteiger partial charge in [0.25, 0.3) is 40.5 Å². The standard InChI is InChI=1S/C26H16F4N8O13S4/c27-10-5-12(28)25(55(49,50)51)14(6-10)36-37-22-16(53(43,44)45)3-9-4-17(54(46,47)48)23(24(39)20(9)21(22)31)38-35-13-7-11(1-2-15(13)52(40,41)42)32-19-8-18(29)33-26(30)34-19/h1-8,39H,31H2,(H,32,33,34)(H,40,41,42)(H,43,44,45)(H,46,47,48)(H,49,50,51). The number of nitrogens with zero attached hydrogens (tertiary/aromatic N) is 6. The van der Waals surface area contributed by atoms with Crippen LogP contribution in [0.3, 0.4) is 0 Å². The number of benzene rings is 4. The van der Waals surface area contributed by atoms with E-state index in [0.717, 1.165) is 12.1 Å². The molecule has 0 atom stereocenters. The summed E-state index contributed by atoms with van der Waals surface area (Å²) in [6, 6.07) is 4.08. The first-order valence-corrected chi connectivity index (χ1v) is 19.5. The van der Waals surface area contributed by atoms with E-state index in [1.165, 1.54) is 0 Å². The molecule has 0 amide bonds. The van der Waals surface area contributed by atoms with Gasteiger partial charge in [0.2, 0.25) is 5.95 Å². The topological polar surface area (TPSA) is 351 Å². The molecule has 0 aliphatic heterocycles. The second kappa shape index (κ2) is 14.1. The predicted octanol–water partition coefficient (Wildman–Crippen LogP) is 5.04. The summed E-state index contributed by atoms with van der Waals surface area (Å²) in [4.78, 5) is 0.642. The van der Waals surface area contributed by atoms with Crippen LogP contribution in [0.15, 0.2) is 88.6 Å². The number of nitrogens with two attached hydrogens (primary N) is 1. The van der Waals surface area contributed by atoms with Gasteiger partial charge in [0, 0.05) is 23.9 Å². The van der Waals surface area contributed by atoms with E-state index in [0.29, 0.717) is 24.3 Å². The Balaban J connectivity index is 1.77. The van der Waals surface area contributed by atoms with E-state index < -0.39 is 134 Å². The monoisotopic (exact) mass is 852 g/mol. The lowest BCUT2D eigenvalue weighted by Gasteiger charge is -2.14. The number of hydrogen-bond acceptors (Lipinski definition) is 17. The molecule has 55 heavy (non-hydrogen) atoms. The fraction of sp³-hybridized carbons (Fsp3) is 0. The maximum Gasteiger partial charge on any atom is 0.313 e. The number of aromatic nitrogens is 2. The summed E-state index contributed by atoms with van der Waals surface area (Å²) in [7, 11) is -21.7. The van der Waals surface area contributed by atoms with Crippen molar-refractivity contribution in [3.8, 4) is 5.75 Å². The molecule has 4 aromatic carbocycles. The molecular formula is C26H16F4N8O13S4. The van der Waals surface area contributed by atoms with Gasteiger partial charge in [-0.1, -0.05) is 0 Å².